The third kappa shape index (κ3) is 4.50. The average Bonchev–Trinajstić information content (AvgIpc) is 3.02. The lowest BCUT2D eigenvalue weighted by Gasteiger charge is -2.15. The van der Waals surface area contributed by atoms with Crippen molar-refractivity contribution >= 4 is 17.7 Å². The Bertz CT molecular complexity index is 695. The number of methoxy groups -OCH3 is 1. The lowest BCUT2D eigenvalue weighted by molar-refractivity contribution is 0.143. The summed E-state index contributed by atoms with van der Waals surface area (Å²) in [5, 5.41) is 4.99. The molecule has 0 radical (unpaired) electrons. The summed E-state index contributed by atoms with van der Waals surface area (Å²) in [4.78, 5) is 12.8. The van der Waals surface area contributed by atoms with E-state index in [1.165, 1.54) is 12.0 Å². The van der Waals surface area contributed by atoms with Gasteiger partial charge in [-0.25, -0.2) is 9.48 Å². The summed E-state index contributed by atoms with van der Waals surface area (Å²) in [5.74, 6) is 0.490. The van der Waals surface area contributed by atoms with Gasteiger partial charge in [-0.2, -0.15) is 0 Å². The highest BCUT2D eigenvalue weighted by molar-refractivity contribution is 6.30. The zero-order valence-electron chi connectivity index (χ0n) is 13.2. The van der Waals surface area contributed by atoms with Gasteiger partial charge in [-0.05, 0) is 37.3 Å². The molecule has 0 saturated carbocycles. The highest BCUT2D eigenvalue weighted by Crippen LogP contribution is 2.15. The minimum Gasteiger partial charge on any atom is -0.472 e. The van der Waals surface area contributed by atoms with Crippen molar-refractivity contribution in [2.24, 2.45) is 0 Å². The van der Waals surface area contributed by atoms with Crippen molar-refractivity contribution in [3.05, 3.63) is 53.3 Å². The van der Waals surface area contributed by atoms with Gasteiger partial charge in [0, 0.05) is 30.0 Å². The second-order valence-electron chi connectivity index (χ2n) is 4.76. The van der Waals surface area contributed by atoms with Gasteiger partial charge in [0.2, 0.25) is 5.88 Å². The molecule has 0 N–H and O–H groups in total. The van der Waals surface area contributed by atoms with Gasteiger partial charge in [0.25, 0.3) is 0 Å². The molecule has 7 heteroatoms. The summed E-state index contributed by atoms with van der Waals surface area (Å²) in [5.41, 5.74) is 1.62. The zero-order chi connectivity index (χ0) is 16.8. The third-order valence-corrected chi connectivity index (χ3v) is 3.50. The van der Waals surface area contributed by atoms with E-state index in [4.69, 9.17) is 16.3 Å². The lowest BCUT2D eigenvalue weighted by Crippen LogP contribution is -2.24. The van der Waals surface area contributed by atoms with Crippen molar-refractivity contribution in [1.82, 2.24) is 14.7 Å². The summed E-state index contributed by atoms with van der Waals surface area (Å²) < 4.78 is 11.9. The van der Waals surface area contributed by atoms with Gasteiger partial charge in [0.1, 0.15) is 6.61 Å². The molecule has 0 aliphatic heterocycles. The summed E-state index contributed by atoms with van der Waals surface area (Å²) in [6.45, 7) is 2.09. The SMILES string of the molecule is COC(=O)N(C)C(C)=CCOc1ccn(-c2ccc(Cl)cc2)n1. The predicted octanol–water partition coefficient (Wildman–Crippen LogP) is 3.51. The van der Waals surface area contributed by atoms with E-state index in [2.05, 4.69) is 9.84 Å². The Balaban J connectivity index is 1.95. The first kappa shape index (κ1) is 16.9. The molecule has 1 heterocycles. The van der Waals surface area contributed by atoms with E-state index in [1.54, 1.807) is 49.1 Å². The number of rotatable bonds is 5. The molecular weight excluding hydrogens is 318 g/mol. The number of aromatic nitrogens is 2. The lowest BCUT2D eigenvalue weighted by atomic mass is 10.3. The molecular formula is C16H18ClN3O3. The maximum absolute atomic E-state index is 11.4. The summed E-state index contributed by atoms with van der Waals surface area (Å²) in [7, 11) is 2.97. The van der Waals surface area contributed by atoms with E-state index in [0.29, 0.717) is 17.5 Å². The molecule has 122 valence electrons. The number of benzene rings is 1. The van der Waals surface area contributed by atoms with E-state index in [0.717, 1.165) is 11.4 Å². The van der Waals surface area contributed by atoms with Crippen molar-refractivity contribution in [3.63, 3.8) is 0 Å². The third-order valence-electron chi connectivity index (χ3n) is 3.24. The van der Waals surface area contributed by atoms with E-state index in [-0.39, 0.29) is 0 Å². The number of hydrogen-bond donors (Lipinski definition) is 0. The smallest absolute Gasteiger partial charge is 0.413 e. The van der Waals surface area contributed by atoms with Gasteiger partial charge in [0.15, 0.2) is 0 Å². The van der Waals surface area contributed by atoms with Crippen LogP contribution >= 0.6 is 11.6 Å². The highest BCUT2D eigenvalue weighted by Gasteiger charge is 2.09. The molecule has 2 rings (SSSR count). The van der Waals surface area contributed by atoms with Crippen LogP contribution in [0.5, 0.6) is 5.88 Å². The Labute approximate surface area is 139 Å². The van der Waals surface area contributed by atoms with Crippen LogP contribution in [0.4, 0.5) is 4.79 Å². The van der Waals surface area contributed by atoms with Crippen molar-refractivity contribution < 1.29 is 14.3 Å². The Morgan fingerprint density at radius 1 is 1.35 bits per heavy atom. The fraction of sp³-hybridized carbons (Fsp3) is 0.250. The van der Waals surface area contributed by atoms with Crippen molar-refractivity contribution in [1.29, 1.82) is 0 Å². The second kappa shape index (κ2) is 7.69. The van der Waals surface area contributed by atoms with Crippen LogP contribution in [-0.4, -0.2) is 41.5 Å². The average molecular weight is 336 g/mol. The minimum atomic E-state index is -0.425. The van der Waals surface area contributed by atoms with Crippen LogP contribution in [0.2, 0.25) is 5.02 Å². The quantitative estimate of drug-likeness (QED) is 0.839. The fourth-order valence-corrected chi connectivity index (χ4v) is 1.91. The first-order chi connectivity index (χ1) is 11.0. The van der Waals surface area contributed by atoms with Gasteiger partial charge in [-0.3, -0.25) is 4.90 Å². The zero-order valence-corrected chi connectivity index (χ0v) is 13.9. The molecule has 23 heavy (non-hydrogen) atoms. The fourth-order valence-electron chi connectivity index (χ4n) is 1.79. The molecule has 1 aromatic heterocycles. The van der Waals surface area contributed by atoms with Crippen molar-refractivity contribution in [2.75, 3.05) is 20.8 Å². The molecule has 1 amide bonds. The number of halogens is 1. The Kier molecular flexibility index (Phi) is 5.65. The summed E-state index contributed by atoms with van der Waals surface area (Å²) in [6.07, 6.45) is 3.15. The molecule has 6 nitrogen and oxygen atoms in total. The number of allylic oxidation sites excluding steroid dienone is 1. The Morgan fingerprint density at radius 2 is 2.04 bits per heavy atom. The van der Waals surface area contributed by atoms with E-state index < -0.39 is 6.09 Å². The monoisotopic (exact) mass is 335 g/mol. The largest absolute Gasteiger partial charge is 0.472 e. The van der Waals surface area contributed by atoms with Crippen LogP contribution in [0, 0.1) is 0 Å². The molecule has 0 bridgehead atoms. The second-order valence-corrected chi connectivity index (χ2v) is 5.20. The van der Waals surface area contributed by atoms with Crippen LogP contribution in [0.15, 0.2) is 48.3 Å². The number of amides is 1. The maximum Gasteiger partial charge on any atom is 0.413 e. The first-order valence-electron chi connectivity index (χ1n) is 6.94. The predicted molar refractivity (Wildman–Crippen MR) is 88.0 cm³/mol. The highest BCUT2D eigenvalue weighted by atomic mass is 35.5. The maximum atomic E-state index is 11.4. The molecule has 0 fully saturated rings. The standard InChI is InChI=1S/C16H18ClN3O3/c1-12(19(2)16(21)22-3)9-11-23-15-8-10-20(18-15)14-6-4-13(17)5-7-14/h4-10H,11H2,1-3H3. The van der Waals surface area contributed by atoms with Gasteiger partial charge < -0.3 is 9.47 Å². The van der Waals surface area contributed by atoms with Gasteiger partial charge in [-0.1, -0.05) is 11.6 Å². The number of ether oxygens (including phenoxy) is 2. The Hall–Kier alpha value is -2.47. The van der Waals surface area contributed by atoms with Gasteiger partial charge >= 0.3 is 6.09 Å². The summed E-state index contributed by atoms with van der Waals surface area (Å²) >= 11 is 5.86. The topological polar surface area (TPSA) is 56.6 Å². The molecule has 0 unspecified atom stereocenters. The number of carbonyl (C=O) groups excluding carboxylic acids is 1. The molecule has 0 aliphatic rings. The molecule has 1 aromatic carbocycles. The van der Waals surface area contributed by atoms with Gasteiger partial charge in [-0.15, -0.1) is 5.10 Å². The molecule has 0 atom stereocenters. The normalized spacial score (nSPS) is 11.2. The summed E-state index contributed by atoms with van der Waals surface area (Å²) in [6, 6.07) is 9.10. The molecule has 0 saturated heterocycles. The molecule has 0 spiro atoms. The van der Waals surface area contributed by atoms with Crippen LogP contribution in [-0.2, 0) is 4.74 Å². The van der Waals surface area contributed by atoms with Crippen LogP contribution in [0.25, 0.3) is 5.69 Å². The van der Waals surface area contributed by atoms with Crippen LogP contribution < -0.4 is 4.74 Å². The number of carbonyl (C=O) groups is 1. The Morgan fingerprint density at radius 3 is 2.70 bits per heavy atom. The van der Waals surface area contributed by atoms with E-state index >= 15 is 0 Å². The molecule has 0 aliphatic carbocycles. The first-order valence-corrected chi connectivity index (χ1v) is 7.32. The van der Waals surface area contributed by atoms with Gasteiger partial charge in [0.05, 0.1) is 12.8 Å². The van der Waals surface area contributed by atoms with Crippen LogP contribution in [0.3, 0.4) is 0 Å². The van der Waals surface area contributed by atoms with E-state index in [9.17, 15) is 4.79 Å². The van der Waals surface area contributed by atoms with Crippen molar-refractivity contribution in [2.45, 2.75) is 6.92 Å². The number of hydrogen-bond acceptors (Lipinski definition) is 4. The van der Waals surface area contributed by atoms with Crippen molar-refractivity contribution in [3.8, 4) is 11.6 Å². The number of nitrogens with zero attached hydrogens (tertiary/aromatic N) is 3. The molecule has 2 aromatic rings. The van der Waals surface area contributed by atoms with Crippen LogP contribution in [0.1, 0.15) is 6.92 Å². The minimum absolute atomic E-state index is 0.296. The van der Waals surface area contributed by atoms with E-state index in [1.807, 2.05) is 12.1 Å².